The molecular weight excluding hydrogens is 273 g/mol. The number of benzene rings is 1. The van der Waals surface area contributed by atoms with Gasteiger partial charge in [0.25, 0.3) is 6.43 Å². The molecule has 1 N–H and O–H groups in total. The normalized spacial score (nSPS) is 11.1. The van der Waals surface area contributed by atoms with Crippen molar-refractivity contribution in [3.05, 3.63) is 45.4 Å². The molecule has 0 saturated heterocycles. The van der Waals surface area contributed by atoms with Crippen molar-refractivity contribution in [2.75, 3.05) is 0 Å². The van der Waals surface area contributed by atoms with Crippen LogP contribution in [0.1, 0.15) is 12.1 Å². The van der Waals surface area contributed by atoms with Gasteiger partial charge >= 0.3 is 0 Å². The number of rotatable bonds is 2. The number of H-pyrrole nitrogens is 1. The highest BCUT2D eigenvalue weighted by Gasteiger charge is 2.12. The van der Waals surface area contributed by atoms with Crippen molar-refractivity contribution in [3.8, 4) is 5.69 Å². The molecule has 0 radical (unpaired) electrons. The van der Waals surface area contributed by atoms with Crippen LogP contribution in [0.15, 0.2) is 24.3 Å². The van der Waals surface area contributed by atoms with Gasteiger partial charge in [-0.2, -0.15) is 0 Å². The Morgan fingerprint density at radius 3 is 2.53 bits per heavy atom. The molecule has 0 unspecified atom stereocenters. The van der Waals surface area contributed by atoms with E-state index in [0.29, 0.717) is 5.69 Å². The van der Waals surface area contributed by atoms with E-state index in [1.165, 1.54) is 16.8 Å². The fourth-order valence-electron chi connectivity index (χ4n) is 1.34. The number of hydrogen-bond donors (Lipinski definition) is 1. The van der Waals surface area contributed by atoms with E-state index in [2.05, 4.69) is 5.10 Å². The summed E-state index contributed by atoms with van der Waals surface area (Å²) >= 11 is 10.4. The molecule has 0 fully saturated rings. The maximum atomic E-state index is 13.2. The number of nitrogens with one attached hydrogen (secondary N) is 1. The van der Waals surface area contributed by atoms with Crippen molar-refractivity contribution in [2.24, 2.45) is 0 Å². The minimum Gasteiger partial charge on any atom is -0.291 e. The Bertz CT molecular complexity index is 606. The van der Waals surface area contributed by atoms with Crippen LogP contribution in [0.25, 0.3) is 5.69 Å². The average Bonchev–Trinajstić information content (AvgIpc) is 2.65. The van der Waals surface area contributed by atoms with Gasteiger partial charge in [-0.05, 0) is 12.1 Å². The van der Waals surface area contributed by atoms with E-state index in [1.54, 1.807) is 0 Å². The third-order valence-corrected chi connectivity index (χ3v) is 2.74. The number of alkyl halides is 2. The average molecular weight is 279 g/mol. The molecule has 1 heterocycles. The Hall–Kier alpha value is -1.27. The van der Waals surface area contributed by atoms with Crippen LogP contribution in [0.4, 0.5) is 13.2 Å². The highest BCUT2D eigenvalue weighted by Crippen LogP contribution is 2.21. The summed E-state index contributed by atoms with van der Waals surface area (Å²) in [6.07, 6.45) is -2.66. The van der Waals surface area contributed by atoms with Crippen LogP contribution in [-0.4, -0.2) is 9.78 Å². The molecule has 0 aliphatic rings. The molecule has 0 aliphatic carbocycles. The van der Waals surface area contributed by atoms with Crippen LogP contribution in [0.3, 0.4) is 0 Å². The number of aromatic nitrogens is 2. The first-order valence-corrected chi connectivity index (χ1v) is 5.33. The van der Waals surface area contributed by atoms with Crippen molar-refractivity contribution in [1.29, 1.82) is 0 Å². The molecule has 1 aromatic heterocycles. The van der Waals surface area contributed by atoms with Crippen molar-refractivity contribution < 1.29 is 13.2 Å². The predicted octanol–water partition coefficient (Wildman–Crippen LogP) is 4.26. The molecule has 2 aromatic rings. The first kappa shape index (κ1) is 12.2. The quantitative estimate of drug-likeness (QED) is 0.814. The maximum absolute atomic E-state index is 13.2. The minimum atomic E-state index is -2.66. The summed E-state index contributed by atoms with van der Waals surface area (Å²) in [5.74, 6) is -0.640. The summed E-state index contributed by atoms with van der Waals surface area (Å²) in [4.78, 5) is 0. The van der Waals surface area contributed by atoms with Crippen LogP contribution in [0.5, 0.6) is 0 Å². The van der Waals surface area contributed by atoms with Gasteiger partial charge in [-0.1, -0.05) is 23.8 Å². The van der Waals surface area contributed by atoms with Gasteiger partial charge in [-0.15, -0.1) is 0 Å². The lowest BCUT2D eigenvalue weighted by Gasteiger charge is -2.04. The van der Waals surface area contributed by atoms with Crippen molar-refractivity contribution >= 4 is 23.8 Å². The summed E-state index contributed by atoms with van der Waals surface area (Å²) < 4.78 is 39.4. The molecular formula is C10H6ClF3N2S. The summed E-state index contributed by atoms with van der Waals surface area (Å²) in [6.45, 7) is 0. The number of hydrogen-bond acceptors (Lipinski definition) is 1. The fraction of sp³-hybridized carbons (Fsp3) is 0.100. The van der Waals surface area contributed by atoms with Gasteiger partial charge in [-0.3, -0.25) is 5.10 Å². The third kappa shape index (κ3) is 2.37. The van der Waals surface area contributed by atoms with E-state index >= 15 is 0 Å². The van der Waals surface area contributed by atoms with Crippen LogP contribution in [0, 0.1) is 10.5 Å². The zero-order valence-electron chi connectivity index (χ0n) is 8.25. The van der Waals surface area contributed by atoms with Gasteiger partial charge in [-0.25, -0.2) is 17.9 Å². The SMILES string of the molecule is Fc1cc(-n2[nH]c(C(F)F)cc2=S)ccc1Cl. The first-order chi connectivity index (χ1) is 7.99. The van der Waals surface area contributed by atoms with Gasteiger partial charge < -0.3 is 0 Å². The molecule has 7 heteroatoms. The Morgan fingerprint density at radius 1 is 1.29 bits per heavy atom. The van der Waals surface area contributed by atoms with E-state index in [4.69, 9.17) is 23.8 Å². The van der Waals surface area contributed by atoms with E-state index in [0.717, 1.165) is 12.1 Å². The number of halogens is 4. The molecule has 1 aromatic carbocycles. The third-order valence-electron chi connectivity index (χ3n) is 2.14. The van der Waals surface area contributed by atoms with Gasteiger partial charge in [0.15, 0.2) is 0 Å². The summed E-state index contributed by atoms with van der Waals surface area (Å²) in [5, 5.41) is 2.36. The van der Waals surface area contributed by atoms with Crippen molar-refractivity contribution in [3.63, 3.8) is 0 Å². The maximum Gasteiger partial charge on any atom is 0.279 e. The largest absolute Gasteiger partial charge is 0.291 e. The van der Waals surface area contributed by atoms with E-state index < -0.39 is 12.2 Å². The summed E-state index contributed by atoms with van der Waals surface area (Å²) in [7, 11) is 0. The van der Waals surface area contributed by atoms with Gasteiger partial charge in [0.1, 0.15) is 16.2 Å². The molecule has 0 bridgehead atoms. The van der Waals surface area contributed by atoms with Crippen molar-refractivity contribution in [2.45, 2.75) is 6.43 Å². The highest BCUT2D eigenvalue weighted by atomic mass is 35.5. The van der Waals surface area contributed by atoms with Crippen molar-refractivity contribution in [1.82, 2.24) is 9.78 Å². The monoisotopic (exact) mass is 278 g/mol. The van der Waals surface area contributed by atoms with E-state index in [1.807, 2.05) is 0 Å². The zero-order chi connectivity index (χ0) is 12.6. The van der Waals surface area contributed by atoms with Gasteiger partial charge in [0, 0.05) is 12.1 Å². The molecule has 0 spiro atoms. The molecule has 0 saturated carbocycles. The minimum absolute atomic E-state index is 0.0408. The highest BCUT2D eigenvalue weighted by molar-refractivity contribution is 7.71. The first-order valence-electron chi connectivity index (χ1n) is 4.54. The van der Waals surface area contributed by atoms with Crippen LogP contribution in [0.2, 0.25) is 5.02 Å². The number of nitrogens with zero attached hydrogens (tertiary/aromatic N) is 1. The summed E-state index contributed by atoms with van der Waals surface area (Å²) in [5.41, 5.74) is -0.00541. The Balaban J connectivity index is 2.53. The lowest BCUT2D eigenvalue weighted by molar-refractivity contribution is 0.145. The smallest absolute Gasteiger partial charge is 0.279 e. The Kier molecular flexibility index (Phi) is 3.26. The second kappa shape index (κ2) is 4.54. The molecule has 17 heavy (non-hydrogen) atoms. The fourth-order valence-corrected chi connectivity index (χ4v) is 1.74. The van der Waals surface area contributed by atoms with Crippen LogP contribution < -0.4 is 0 Å². The Morgan fingerprint density at radius 2 is 2.00 bits per heavy atom. The molecule has 90 valence electrons. The number of aromatic amines is 1. The molecule has 2 rings (SSSR count). The summed E-state index contributed by atoms with van der Waals surface area (Å²) in [6, 6.07) is 5.06. The standard InChI is InChI=1S/C10H6ClF3N2S/c11-6-2-1-5(3-7(6)12)16-9(17)4-8(15-16)10(13)14/h1-4,10,15H. The lowest BCUT2D eigenvalue weighted by Crippen LogP contribution is -1.98. The lowest BCUT2D eigenvalue weighted by atomic mass is 10.3. The van der Waals surface area contributed by atoms with Gasteiger partial charge in [0.2, 0.25) is 0 Å². The molecule has 2 nitrogen and oxygen atoms in total. The van der Waals surface area contributed by atoms with E-state index in [9.17, 15) is 13.2 Å². The zero-order valence-corrected chi connectivity index (χ0v) is 9.83. The molecule has 0 amide bonds. The predicted molar refractivity (Wildman–Crippen MR) is 60.9 cm³/mol. The topological polar surface area (TPSA) is 20.7 Å². The van der Waals surface area contributed by atoms with Crippen LogP contribution in [-0.2, 0) is 0 Å². The molecule has 0 atom stereocenters. The van der Waals surface area contributed by atoms with Gasteiger partial charge in [0.05, 0.1) is 10.7 Å². The molecule has 0 aliphatic heterocycles. The van der Waals surface area contributed by atoms with Crippen LogP contribution >= 0.6 is 23.8 Å². The Labute approximate surface area is 105 Å². The van der Waals surface area contributed by atoms with E-state index in [-0.39, 0.29) is 15.4 Å². The second-order valence-electron chi connectivity index (χ2n) is 3.28. The second-order valence-corrected chi connectivity index (χ2v) is 4.11.